The predicted molar refractivity (Wildman–Crippen MR) is 114 cm³/mol. The number of hydrogen-bond donors (Lipinski definition) is 1. The van der Waals surface area contributed by atoms with E-state index in [2.05, 4.69) is 42.7 Å². The SMILES string of the molecule is COC1=CC(CN2CCN(C)CC2)=C(Br)C(=NNS(=O)(=O)c2ccccc2)C1. The largest absolute Gasteiger partial charge is 0.501 e. The van der Waals surface area contributed by atoms with E-state index in [1.165, 1.54) is 12.1 Å². The molecule has 1 aromatic carbocycles. The fraction of sp³-hybridized carbons (Fsp3) is 0.421. The highest BCUT2D eigenvalue weighted by Crippen LogP contribution is 2.28. The second-order valence-corrected chi connectivity index (χ2v) is 9.33. The summed E-state index contributed by atoms with van der Waals surface area (Å²) < 4.78 is 31.2. The highest BCUT2D eigenvalue weighted by atomic mass is 79.9. The number of likely N-dealkylation sites (N-methyl/N-ethyl adjacent to an activating group) is 1. The first-order valence-electron chi connectivity index (χ1n) is 9.07. The molecule has 1 aliphatic heterocycles. The van der Waals surface area contributed by atoms with Gasteiger partial charge in [0, 0.05) is 37.2 Å². The van der Waals surface area contributed by atoms with E-state index in [0.717, 1.165) is 48.5 Å². The molecule has 0 atom stereocenters. The second kappa shape index (κ2) is 9.21. The van der Waals surface area contributed by atoms with Gasteiger partial charge in [-0.2, -0.15) is 18.4 Å². The summed E-state index contributed by atoms with van der Waals surface area (Å²) in [5.74, 6) is 0.755. The average Bonchev–Trinajstić information content (AvgIpc) is 2.71. The standard InChI is InChI=1S/C19H25BrN4O3S/c1-23-8-10-24(11-9-23)14-15-12-16(27-2)13-18(19(15)20)21-22-28(25,26)17-6-4-3-5-7-17/h3-7,12,22H,8-11,13-14H2,1-2H3. The van der Waals surface area contributed by atoms with Gasteiger partial charge in [-0.05, 0) is 46.8 Å². The van der Waals surface area contributed by atoms with Gasteiger partial charge >= 0.3 is 0 Å². The third-order valence-corrected chi connectivity index (χ3v) is 7.01. The Balaban J connectivity index is 1.79. The molecule has 28 heavy (non-hydrogen) atoms. The van der Waals surface area contributed by atoms with Gasteiger partial charge in [-0.25, -0.2) is 0 Å². The normalized spacial score (nSPS) is 21.0. The molecule has 1 saturated heterocycles. The third-order valence-electron chi connectivity index (χ3n) is 4.82. The molecule has 0 spiro atoms. The molecule has 1 heterocycles. The van der Waals surface area contributed by atoms with E-state index in [1.54, 1.807) is 25.3 Å². The second-order valence-electron chi connectivity index (χ2n) is 6.88. The molecule has 152 valence electrons. The first-order valence-corrected chi connectivity index (χ1v) is 11.3. The molecule has 7 nitrogen and oxygen atoms in total. The van der Waals surface area contributed by atoms with Crippen molar-refractivity contribution in [1.29, 1.82) is 0 Å². The van der Waals surface area contributed by atoms with E-state index in [-0.39, 0.29) is 4.90 Å². The maximum absolute atomic E-state index is 12.5. The van der Waals surface area contributed by atoms with E-state index in [1.807, 2.05) is 6.08 Å². The van der Waals surface area contributed by atoms with Crippen molar-refractivity contribution >= 4 is 31.7 Å². The first-order chi connectivity index (χ1) is 13.4. The van der Waals surface area contributed by atoms with Crippen LogP contribution < -0.4 is 4.83 Å². The van der Waals surface area contributed by atoms with E-state index < -0.39 is 10.0 Å². The fourth-order valence-electron chi connectivity index (χ4n) is 3.09. The van der Waals surface area contributed by atoms with Gasteiger partial charge in [-0.15, -0.1) is 0 Å². The number of nitrogens with zero attached hydrogens (tertiary/aromatic N) is 3. The van der Waals surface area contributed by atoms with Gasteiger partial charge in [-0.1, -0.05) is 18.2 Å². The molecule has 0 radical (unpaired) electrons. The highest BCUT2D eigenvalue weighted by Gasteiger charge is 2.23. The van der Waals surface area contributed by atoms with E-state index >= 15 is 0 Å². The van der Waals surface area contributed by atoms with Crippen molar-refractivity contribution in [2.24, 2.45) is 5.10 Å². The number of piperazine rings is 1. The van der Waals surface area contributed by atoms with Crippen molar-refractivity contribution in [2.45, 2.75) is 11.3 Å². The Morgan fingerprint density at radius 3 is 2.50 bits per heavy atom. The zero-order chi connectivity index (χ0) is 20.1. The minimum absolute atomic E-state index is 0.176. The summed E-state index contributed by atoms with van der Waals surface area (Å²) in [6.45, 7) is 4.80. The van der Waals surface area contributed by atoms with Gasteiger partial charge in [0.05, 0.1) is 24.1 Å². The number of hydrogen-bond acceptors (Lipinski definition) is 6. The van der Waals surface area contributed by atoms with Crippen molar-refractivity contribution in [1.82, 2.24) is 14.6 Å². The molecule has 0 amide bonds. The lowest BCUT2D eigenvalue weighted by atomic mass is 10.0. The van der Waals surface area contributed by atoms with Crippen molar-refractivity contribution in [3.8, 4) is 0 Å². The third kappa shape index (κ3) is 5.22. The summed E-state index contributed by atoms with van der Waals surface area (Å²) in [7, 11) is 0.0248. The minimum atomic E-state index is -3.72. The van der Waals surface area contributed by atoms with Crippen LogP contribution in [0.25, 0.3) is 0 Å². The van der Waals surface area contributed by atoms with Gasteiger partial charge < -0.3 is 9.64 Å². The topological polar surface area (TPSA) is 74.2 Å². The Bertz CT molecular complexity index is 889. The van der Waals surface area contributed by atoms with E-state index in [4.69, 9.17) is 4.74 Å². The van der Waals surface area contributed by atoms with E-state index in [0.29, 0.717) is 12.1 Å². The van der Waals surface area contributed by atoms with Crippen LogP contribution in [0.4, 0.5) is 0 Å². The molecule has 1 aromatic rings. The molecular formula is C19H25BrN4O3S. The number of hydrazone groups is 1. The summed E-state index contributed by atoms with van der Waals surface area (Å²) in [5, 5.41) is 4.19. The Hall–Kier alpha value is -1.68. The smallest absolute Gasteiger partial charge is 0.276 e. The Morgan fingerprint density at radius 2 is 1.86 bits per heavy atom. The summed E-state index contributed by atoms with van der Waals surface area (Å²) in [6.07, 6.45) is 2.42. The molecule has 2 aliphatic rings. The molecule has 0 saturated carbocycles. The van der Waals surface area contributed by atoms with Gasteiger partial charge in [0.2, 0.25) is 0 Å². The molecule has 1 fully saturated rings. The first kappa shape index (κ1) is 21.0. The number of nitrogens with one attached hydrogen (secondary N) is 1. The summed E-state index contributed by atoms with van der Waals surface area (Å²) in [4.78, 5) is 7.20. The maximum atomic E-state index is 12.5. The lowest BCUT2D eigenvalue weighted by Gasteiger charge is -2.33. The van der Waals surface area contributed by atoms with Crippen LogP contribution >= 0.6 is 15.9 Å². The van der Waals surface area contributed by atoms with Crippen LogP contribution in [-0.4, -0.2) is 70.8 Å². The molecule has 0 aromatic heterocycles. The van der Waals surface area contributed by atoms with Crippen LogP contribution in [0.5, 0.6) is 0 Å². The summed E-state index contributed by atoms with van der Waals surface area (Å²) >= 11 is 3.62. The number of rotatable bonds is 6. The molecule has 1 aliphatic carbocycles. The maximum Gasteiger partial charge on any atom is 0.276 e. The van der Waals surface area contributed by atoms with Gasteiger partial charge in [0.15, 0.2) is 0 Å². The monoisotopic (exact) mass is 468 g/mol. The number of ether oxygens (including phenoxy) is 1. The average molecular weight is 469 g/mol. The lowest BCUT2D eigenvalue weighted by molar-refractivity contribution is 0.164. The molecule has 3 rings (SSSR count). The molecule has 1 N–H and O–H groups in total. The molecule has 9 heteroatoms. The van der Waals surface area contributed by atoms with Crippen molar-refractivity contribution in [3.63, 3.8) is 0 Å². The van der Waals surface area contributed by atoms with Crippen LogP contribution in [0.3, 0.4) is 0 Å². The van der Waals surface area contributed by atoms with Crippen LogP contribution in [0.1, 0.15) is 6.42 Å². The number of benzene rings is 1. The fourth-order valence-corrected chi connectivity index (χ4v) is 4.41. The molecular weight excluding hydrogens is 444 g/mol. The number of sulfonamides is 1. The molecule has 0 unspecified atom stereocenters. The number of methoxy groups -OCH3 is 1. The zero-order valence-corrected chi connectivity index (χ0v) is 18.5. The summed E-state index contributed by atoms with van der Waals surface area (Å²) in [6, 6.07) is 8.20. The van der Waals surface area contributed by atoms with Gasteiger partial charge in [0.25, 0.3) is 10.0 Å². The Morgan fingerprint density at radius 1 is 1.18 bits per heavy atom. The summed E-state index contributed by atoms with van der Waals surface area (Å²) in [5.41, 5.74) is 1.63. The van der Waals surface area contributed by atoms with Gasteiger partial charge in [-0.3, -0.25) is 4.90 Å². The number of halogens is 1. The van der Waals surface area contributed by atoms with Crippen molar-refractivity contribution < 1.29 is 13.2 Å². The predicted octanol–water partition coefficient (Wildman–Crippen LogP) is 2.15. The quantitative estimate of drug-likeness (QED) is 0.647. The Labute approximate surface area is 174 Å². The van der Waals surface area contributed by atoms with Crippen molar-refractivity contribution in [3.05, 3.63) is 52.2 Å². The zero-order valence-electron chi connectivity index (χ0n) is 16.1. The lowest BCUT2D eigenvalue weighted by Crippen LogP contribution is -2.45. The molecule has 0 bridgehead atoms. The van der Waals surface area contributed by atoms with E-state index in [9.17, 15) is 8.42 Å². The minimum Gasteiger partial charge on any atom is -0.501 e. The van der Waals surface area contributed by atoms with Crippen LogP contribution in [0.2, 0.25) is 0 Å². The van der Waals surface area contributed by atoms with Crippen LogP contribution in [0, 0.1) is 0 Å². The van der Waals surface area contributed by atoms with Gasteiger partial charge in [0.1, 0.15) is 5.76 Å². The number of allylic oxidation sites excluding steroid dienone is 2. The van der Waals surface area contributed by atoms with Crippen LogP contribution in [0.15, 0.2) is 62.2 Å². The highest BCUT2D eigenvalue weighted by molar-refractivity contribution is 9.12. The van der Waals surface area contributed by atoms with Crippen molar-refractivity contribution in [2.75, 3.05) is 46.9 Å². The Kier molecular flexibility index (Phi) is 6.92. The van der Waals surface area contributed by atoms with Crippen LogP contribution in [-0.2, 0) is 14.8 Å².